The maximum absolute atomic E-state index is 9.12. The molecule has 0 spiro atoms. The van der Waals surface area contributed by atoms with E-state index in [1.54, 1.807) is 0 Å². The van der Waals surface area contributed by atoms with E-state index in [1.165, 1.54) is 83.5 Å². The lowest BCUT2D eigenvalue weighted by Gasteiger charge is -2.32. The molecule has 2 nitrogen and oxygen atoms in total. The van der Waals surface area contributed by atoms with Crippen LogP contribution in [-0.4, -0.2) is 24.9 Å². The monoisotopic (exact) mass is 370 g/mol. The molecule has 0 aromatic rings. The van der Waals surface area contributed by atoms with Gasteiger partial charge in [0.15, 0.2) is 0 Å². The molecule has 0 rings (SSSR count). The van der Waals surface area contributed by atoms with Crippen LogP contribution in [0.1, 0.15) is 125 Å². The SMILES string of the molecule is CCCC(CC)(CC)CCCCOCCCCC(CC)(CC)CCCO. The van der Waals surface area contributed by atoms with E-state index < -0.39 is 0 Å². The van der Waals surface area contributed by atoms with Crippen LogP contribution >= 0.6 is 0 Å². The van der Waals surface area contributed by atoms with E-state index in [2.05, 4.69) is 34.6 Å². The molecule has 0 bridgehead atoms. The molecule has 0 amide bonds. The number of hydrogen-bond acceptors (Lipinski definition) is 2. The summed E-state index contributed by atoms with van der Waals surface area (Å²) >= 11 is 0. The number of rotatable bonds is 19. The first-order valence-corrected chi connectivity index (χ1v) is 11.8. The van der Waals surface area contributed by atoms with Crippen LogP contribution < -0.4 is 0 Å². The zero-order valence-corrected chi connectivity index (χ0v) is 18.9. The largest absolute Gasteiger partial charge is 0.396 e. The number of aliphatic hydroxyl groups excluding tert-OH is 1. The van der Waals surface area contributed by atoms with Gasteiger partial charge in [0.1, 0.15) is 0 Å². The van der Waals surface area contributed by atoms with Crippen molar-refractivity contribution in [2.75, 3.05) is 19.8 Å². The molecule has 0 fully saturated rings. The predicted octanol–water partition coefficient (Wildman–Crippen LogP) is 7.53. The van der Waals surface area contributed by atoms with E-state index in [-0.39, 0.29) is 0 Å². The van der Waals surface area contributed by atoms with Gasteiger partial charge < -0.3 is 9.84 Å². The van der Waals surface area contributed by atoms with Crippen molar-refractivity contribution in [2.24, 2.45) is 10.8 Å². The fraction of sp³-hybridized carbons (Fsp3) is 1.00. The summed E-state index contributed by atoms with van der Waals surface area (Å²) in [6, 6.07) is 0. The maximum Gasteiger partial charge on any atom is 0.0466 e. The number of aliphatic hydroxyl groups is 1. The summed E-state index contributed by atoms with van der Waals surface area (Å²) in [5.41, 5.74) is 1.04. The third kappa shape index (κ3) is 10.3. The minimum absolute atomic E-state index is 0.334. The molecule has 0 saturated heterocycles. The predicted molar refractivity (Wildman–Crippen MR) is 116 cm³/mol. The van der Waals surface area contributed by atoms with E-state index in [1.807, 2.05) is 0 Å². The van der Waals surface area contributed by atoms with Gasteiger partial charge in [-0.3, -0.25) is 0 Å². The summed E-state index contributed by atoms with van der Waals surface area (Å²) in [6.45, 7) is 13.9. The molecule has 0 atom stereocenters. The van der Waals surface area contributed by atoms with Gasteiger partial charge in [0.2, 0.25) is 0 Å². The van der Waals surface area contributed by atoms with Crippen LogP contribution in [0.4, 0.5) is 0 Å². The van der Waals surface area contributed by atoms with Crippen LogP contribution in [0.5, 0.6) is 0 Å². The second-order valence-electron chi connectivity index (χ2n) is 8.52. The Morgan fingerprint density at radius 1 is 0.577 bits per heavy atom. The Hall–Kier alpha value is -0.0800. The molecule has 158 valence electrons. The first kappa shape index (κ1) is 25.9. The van der Waals surface area contributed by atoms with Gasteiger partial charge in [-0.05, 0) is 55.8 Å². The highest BCUT2D eigenvalue weighted by atomic mass is 16.5. The van der Waals surface area contributed by atoms with Crippen molar-refractivity contribution >= 4 is 0 Å². The summed E-state index contributed by atoms with van der Waals surface area (Å²) in [7, 11) is 0. The van der Waals surface area contributed by atoms with Gasteiger partial charge in [-0.15, -0.1) is 0 Å². The van der Waals surface area contributed by atoms with Crippen LogP contribution in [-0.2, 0) is 4.74 Å². The van der Waals surface area contributed by atoms with Crippen LogP contribution in [0.15, 0.2) is 0 Å². The Morgan fingerprint density at radius 3 is 1.38 bits per heavy atom. The van der Waals surface area contributed by atoms with Gasteiger partial charge in [0.25, 0.3) is 0 Å². The Morgan fingerprint density at radius 2 is 1.00 bits per heavy atom. The van der Waals surface area contributed by atoms with Gasteiger partial charge >= 0.3 is 0 Å². The van der Waals surface area contributed by atoms with E-state index in [4.69, 9.17) is 9.84 Å². The van der Waals surface area contributed by atoms with Gasteiger partial charge in [-0.1, -0.05) is 79.6 Å². The zero-order chi connectivity index (χ0) is 19.7. The molecule has 0 unspecified atom stereocenters. The number of ether oxygens (including phenoxy) is 1. The minimum Gasteiger partial charge on any atom is -0.396 e. The van der Waals surface area contributed by atoms with Gasteiger partial charge in [-0.2, -0.15) is 0 Å². The lowest BCUT2D eigenvalue weighted by Crippen LogP contribution is -2.19. The van der Waals surface area contributed by atoms with Gasteiger partial charge in [-0.25, -0.2) is 0 Å². The second kappa shape index (κ2) is 15.9. The first-order valence-electron chi connectivity index (χ1n) is 11.8. The molecular formula is C24H50O2. The summed E-state index contributed by atoms with van der Waals surface area (Å²) in [6.07, 6.45) is 17.6. The molecule has 0 aromatic carbocycles. The maximum atomic E-state index is 9.12. The van der Waals surface area contributed by atoms with E-state index in [0.717, 1.165) is 19.6 Å². The smallest absolute Gasteiger partial charge is 0.0466 e. The average Bonchev–Trinajstić information content (AvgIpc) is 2.68. The molecule has 0 aliphatic heterocycles. The lowest BCUT2D eigenvalue weighted by atomic mass is 9.74. The summed E-state index contributed by atoms with van der Waals surface area (Å²) in [5, 5.41) is 9.12. The Labute approximate surface area is 165 Å². The van der Waals surface area contributed by atoms with Crippen molar-refractivity contribution in [3.63, 3.8) is 0 Å². The van der Waals surface area contributed by atoms with Crippen molar-refractivity contribution in [1.82, 2.24) is 0 Å². The Balaban J connectivity index is 3.81. The highest BCUT2D eigenvalue weighted by molar-refractivity contribution is 4.77. The second-order valence-corrected chi connectivity index (χ2v) is 8.52. The van der Waals surface area contributed by atoms with E-state index in [0.29, 0.717) is 17.4 Å². The molecule has 2 heteroatoms. The molecular weight excluding hydrogens is 320 g/mol. The lowest BCUT2D eigenvalue weighted by molar-refractivity contribution is 0.113. The Bertz CT molecular complexity index is 293. The van der Waals surface area contributed by atoms with Crippen LogP contribution in [0.25, 0.3) is 0 Å². The summed E-state index contributed by atoms with van der Waals surface area (Å²) in [5.74, 6) is 0. The molecule has 0 aliphatic carbocycles. The van der Waals surface area contributed by atoms with Gasteiger partial charge in [0, 0.05) is 19.8 Å². The van der Waals surface area contributed by atoms with E-state index >= 15 is 0 Å². The molecule has 0 aromatic heterocycles. The molecule has 0 aliphatic rings. The van der Waals surface area contributed by atoms with Crippen molar-refractivity contribution in [3.05, 3.63) is 0 Å². The van der Waals surface area contributed by atoms with Crippen molar-refractivity contribution in [2.45, 2.75) is 125 Å². The summed E-state index contributed by atoms with van der Waals surface area (Å²) in [4.78, 5) is 0. The quantitative estimate of drug-likeness (QED) is 0.238. The summed E-state index contributed by atoms with van der Waals surface area (Å²) < 4.78 is 5.90. The van der Waals surface area contributed by atoms with E-state index in [9.17, 15) is 0 Å². The molecule has 1 N–H and O–H groups in total. The topological polar surface area (TPSA) is 29.5 Å². The van der Waals surface area contributed by atoms with Crippen molar-refractivity contribution < 1.29 is 9.84 Å². The van der Waals surface area contributed by atoms with Crippen LogP contribution in [0.2, 0.25) is 0 Å². The standard InChI is InChI=1S/C24H50O2/c1-6-16-23(7-2,8-3)17-11-13-21-26-22-14-12-18-24(9-4,10-5)19-15-20-25/h25H,6-22H2,1-5H3. The highest BCUT2D eigenvalue weighted by Crippen LogP contribution is 2.38. The molecule has 0 heterocycles. The number of hydrogen-bond donors (Lipinski definition) is 1. The van der Waals surface area contributed by atoms with Crippen LogP contribution in [0, 0.1) is 10.8 Å². The van der Waals surface area contributed by atoms with Crippen LogP contribution in [0.3, 0.4) is 0 Å². The normalized spacial score (nSPS) is 12.7. The first-order chi connectivity index (χ1) is 12.6. The van der Waals surface area contributed by atoms with Gasteiger partial charge in [0.05, 0.1) is 0 Å². The average molecular weight is 371 g/mol. The zero-order valence-electron chi connectivity index (χ0n) is 18.9. The third-order valence-corrected chi connectivity index (χ3v) is 7.14. The highest BCUT2D eigenvalue weighted by Gasteiger charge is 2.25. The molecule has 0 saturated carbocycles. The fourth-order valence-corrected chi connectivity index (χ4v) is 4.66. The third-order valence-electron chi connectivity index (χ3n) is 7.14. The fourth-order valence-electron chi connectivity index (χ4n) is 4.66. The molecule has 26 heavy (non-hydrogen) atoms. The minimum atomic E-state index is 0.334. The van der Waals surface area contributed by atoms with Crippen molar-refractivity contribution in [1.29, 1.82) is 0 Å². The Kier molecular flexibility index (Phi) is 15.9. The molecule has 0 radical (unpaired) electrons. The van der Waals surface area contributed by atoms with Crippen molar-refractivity contribution in [3.8, 4) is 0 Å². The number of unbranched alkanes of at least 4 members (excludes halogenated alkanes) is 2.